The monoisotopic (exact) mass is 520 g/mol. The number of pyridine rings is 2. The summed E-state index contributed by atoms with van der Waals surface area (Å²) in [5, 5.41) is 10.9. The molecule has 6 rings (SSSR count). The lowest BCUT2D eigenvalue weighted by Crippen LogP contribution is -2.33. The summed E-state index contributed by atoms with van der Waals surface area (Å²) in [7, 11) is 1.79. The maximum atomic E-state index is 12.4. The minimum Gasteiger partial charge on any atom is -0.382 e. The van der Waals surface area contributed by atoms with Gasteiger partial charge in [-0.3, -0.25) is 4.79 Å². The average Bonchev–Trinajstić information content (AvgIpc) is 3.44. The van der Waals surface area contributed by atoms with E-state index in [2.05, 4.69) is 50.1 Å². The Hall–Kier alpha value is -4.45. The van der Waals surface area contributed by atoms with Gasteiger partial charge in [0.25, 0.3) is 5.56 Å². The SMILES string of the molecule is Cc1cc(-c2cccc3cc([C@@H]4CCCN4c4ncnc(N)c4C#N)c(N4CCCCC4)nc23)cn(C)c1=O. The zero-order valence-electron chi connectivity index (χ0n) is 22.4. The topological polar surface area (TPSA) is 117 Å². The molecule has 0 bridgehead atoms. The van der Waals surface area contributed by atoms with E-state index in [4.69, 9.17) is 10.7 Å². The van der Waals surface area contributed by atoms with Gasteiger partial charge in [0.2, 0.25) is 0 Å². The molecule has 2 saturated heterocycles. The van der Waals surface area contributed by atoms with Gasteiger partial charge < -0.3 is 20.1 Å². The second-order valence-electron chi connectivity index (χ2n) is 10.6. The van der Waals surface area contributed by atoms with E-state index in [1.165, 1.54) is 12.7 Å². The number of hydrogen-bond acceptors (Lipinski definition) is 8. The van der Waals surface area contributed by atoms with Gasteiger partial charge in [0.05, 0.1) is 11.6 Å². The van der Waals surface area contributed by atoms with Crippen LogP contribution in [-0.2, 0) is 7.05 Å². The minimum atomic E-state index is 0.00617. The molecule has 0 amide bonds. The molecule has 2 aliphatic rings. The molecule has 3 aromatic heterocycles. The fraction of sp³-hybridized carbons (Fsp3) is 0.367. The molecule has 0 saturated carbocycles. The van der Waals surface area contributed by atoms with Crippen LogP contribution in [0.1, 0.15) is 54.8 Å². The summed E-state index contributed by atoms with van der Waals surface area (Å²) >= 11 is 0. The molecule has 9 heteroatoms. The number of anilines is 3. The first-order valence-corrected chi connectivity index (χ1v) is 13.6. The molecule has 2 N–H and O–H groups in total. The van der Waals surface area contributed by atoms with Gasteiger partial charge in [-0.15, -0.1) is 0 Å². The van der Waals surface area contributed by atoms with E-state index < -0.39 is 0 Å². The van der Waals surface area contributed by atoms with Gasteiger partial charge in [-0.25, -0.2) is 15.0 Å². The largest absolute Gasteiger partial charge is 0.382 e. The van der Waals surface area contributed by atoms with Crippen molar-refractivity contribution in [3.63, 3.8) is 0 Å². The first-order valence-electron chi connectivity index (χ1n) is 13.6. The maximum Gasteiger partial charge on any atom is 0.253 e. The van der Waals surface area contributed by atoms with Crippen LogP contribution >= 0.6 is 0 Å². The molecule has 1 aromatic carbocycles. The van der Waals surface area contributed by atoms with E-state index in [9.17, 15) is 10.1 Å². The Labute approximate surface area is 227 Å². The van der Waals surface area contributed by atoms with Crippen LogP contribution in [0.25, 0.3) is 22.0 Å². The minimum absolute atomic E-state index is 0.00617. The highest BCUT2D eigenvalue weighted by atomic mass is 16.1. The van der Waals surface area contributed by atoms with Gasteiger partial charge in [0.1, 0.15) is 29.6 Å². The molecule has 0 aliphatic carbocycles. The number of nitrogen functional groups attached to an aromatic ring is 1. The third-order valence-corrected chi connectivity index (χ3v) is 8.04. The summed E-state index contributed by atoms with van der Waals surface area (Å²) in [4.78, 5) is 30.9. The van der Waals surface area contributed by atoms with Gasteiger partial charge in [-0.2, -0.15) is 5.26 Å². The number of fused-ring (bicyclic) bond motifs is 1. The summed E-state index contributed by atoms with van der Waals surface area (Å²) in [6.07, 6.45) is 8.74. The third kappa shape index (κ3) is 4.36. The molecule has 1 atom stereocenters. The smallest absolute Gasteiger partial charge is 0.253 e. The first-order chi connectivity index (χ1) is 19.0. The quantitative estimate of drug-likeness (QED) is 0.418. The van der Waals surface area contributed by atoms with E-state index >= 15 is 0 Å². The predicted octanol–water partition coefficient (Wildman–Crippen LogP) is 4.48. The van der Waals surface area contributed by atoms with Crippen LogP contribution in [0.5, 0.6) is 0 Å². The van der Waals surface area contributed by atoms with Gasteiger partial charge in [0.15, 0.2) is 5.82 Å². The Kier molecular flexibility index (Phi) is 6.39. The van der Waals surface area contributed by atoms with Crippen molar-refractivity contribution in [2.24, 2.45) is 7.05 Å². The average molecular weight is 521 g/mol. The number of nitrogens with two attached hydrogens (primary N) is 1. The zero-order chi connectivity index (χ0) is 27.1. The number of rotatable bonds is 4. The summed E-state index contributed by atoms with van der Waals surface area (Å²) in [6, 6.07) is 12.7. The second kappa shape index (κ2) is 10.0. The zero-order valence-corrected chi connectivity index (χ0v) is 22.4. The number of aromatic nitrogens is 4. The molecule has 0 unspecified atom stereocenters. The Balaban J connectivity index is 1.54. The van der Waals surface area contributed by atoms with Gasteiger partial charge in [0, 0.05) is 60.5 Å². The van der Waals surface area contributed by atoms with E-state index in [-0.39, 0.29) is 17.4 Å². The van der Waals surface area contributed by atoms with Crippen LogP contribution in [0.4, 0.5) is 17.5 Å². The van der Waals surface area contributed by atoms with Crippen LogP contribution in [0.2, 0.25) is 0 Å². The standard InChI is InChI=1S/C30H32N8O/c1-19-14-21(17-36(2)30(19)39)22-9-6-8-20-15-23(29(35-26(20)22)37-11-4-3-5-12-37)25-10-7-13-38(25)28-24(16-31)27(32)33-18-34-28/h6,8-9,14-15,17-18,25H,3-5,7,10-13H2,1-2H3,(H2,32,33,34)/t25-/m0/s1. The molecule has 39 heavy (non-hydrogen) atoms. The van der Waals surface area contributed by atoms with Crippen molar-refractivity contribution in [1.82, 2.24) is 19.5 Å². The predicted molar refractivity (Wildman–Crippen MR) is 154 cm³/mol. The Bertz CT molecular complexity index is 1640. The van der Waals surface area contributed by atoms with Crippen LogP contribution < -0.4 is 21.1 Å². The third-order valence-electron chi connectivity index (χ3n) is 8.04. The van der Waals surface area contributed by atoms with E-state index in [0.29, 0.717) is 16.9 Å². The molecule has 0 spiro atoms. The lowest BCUT2D eigenvalue weighted by atomic mass is 9.97. The lowest BCUT2D eigenvalue weighted by Gasteiger charge is -2.34. The normalized spacial score (nSPS) is 17.5. The first kappa shape index (κ1) is 24.9. The molecule has 9 nitrogen and oxygen atoms in total. The molecule has 198 valence electrons. The molecular formula is C30H32N8O. The van der Waals surface area contributed by atoms with Crippen molar-refractivity contribution in [1.29, 1.82) is 5.26 Å². The van der Waals surface area contributed by atoms with Crippen molar-refractivity contribution in [2.45, 2.75) is 45.1 Å². The molecular weight excluding hydrogens is 488 g/mol. The van der Waals surface area contributed by atoms with Crippen LogP contribution in [-0.4, -0.2) is 39.2 Å². The van der Waals surface area contributed by atoms with Crippen LogP contribution in [0.3, 0.4) is 0 Å². The molecule has 2 fully saturated rings. The number of nitrogens with zero attached hydrogens (tertiary/aromatic N) is 7. The van der Waals surface area contributed by atoms with Crippen LogP contribution in [0.15, 0.2) is 47.7 Å². The van der Waals surface area contributed by atoms with E-state index in [1.54, 1.807) is 11.6 Å². The number of aryl methyl sites for hydroxylation is 2. The molecule has 0 radical (unpaired) electrons. The highest BCUT2D eigenvalue weighted by Crippen LogP contribution is 2.43. The van der Waals surface area contributed by atoms with Crippen molar-refractivity contribution < 1.29 is 0 Å². The fourth-order valence-electron chi connectivity index (χ4n) is 6.13. The second-order valence-corrected chi connectivity index (χ2v) is 10.6. The molecule has 2 aliphatic heterocycles. The Morgan fingerprint density at radius 1 is 1.05 bits per heavy atom. The van der Waals surface area contributed by atoms with Crippen molar-refractivity contribution in [3.8, 4) is 17.2 Å². The molecule has 5 heterocycles. The highest BCUT2D eigenvalue weighted by Gasteiger charge is 2.33. The number of nitriles is 1. The molecule has 4 aromatic rings. The van der Waals surface area contributed by atoms with Gasteiger partial charge in [-0.1, -0.05) is 18.2 Å². The Morgan fingerprint density at radius 2 is 1.87 bits per heavy atom. The summed E-state index contributed by atoms with van der Waals surface area (Å²) in [5.41, 5.74) is 11.2. The summed E-state index contributed by atoms with van der Waals surface area (Å²) in [5.74, 6) is 1.79. The van der Waals surface area contributed by atoms with Crippen molar-refractivity contribution in [3.05, 3.63) is 69.9 Å². The maximum absolute atomic E-state index is 12.4. The van der Waals surface area contributed by atoms with Crippen LogP contribution in [0, 0.1) is 18.3 Å². The highest BCUT2D eigenvalue weighted by molar-refractivity contribution is 5.95. The number of hydrogen-bond donors (Lipinski definition) is 1. The summed E-state index contributed by atoms with van der Waals surface area (Å²) < 4.78 is 1.64. The van der Waals surface area contributed by atoms with Gasteiger partial charge >= 0.3 is 0 Å². The van der Waals surface area contributed by atoms with Crippen molar-refractivity contribution >= 4 is 28.4 Å². The number of benzene rings is 1. The Morgan fingerprint density at radius 3 is 2.64 bits per heavy atom. The number of para-hydroxylation sites is 1. The van der Waals surface area contributed by atoms with Gasteiger partial charge in [-0.05, 0) is 51.2 Å². The summed E-state index contributed by atoms with van der Waals surface area (Å²) in [6.45, 7) is 4.56. The van der Waals surface area contributed by atoms with Crippen molar-refractivity contribution in [2.75, 3.05) is 35.2 Å². The number of piperidine rings is 1. The fourth-order valence-corrected chi connectivity index (χ4v) is 6.13. The van der Waals surface area contributed by atoms with E-state index in [0.717, 1.165) is 78.7 Å². The van der Waals surface area contributed by atoms with E-state index in [1.807, 2.05) is 19.2 Å². The lowest BCUT2D eigenvalue weighted by molar-refractivity contribution is 0.569.